The van der Waals surface area contributed by atoms with Gasteiger partial charge in [-0.3, -0.25) is 9.80 Å². The molecule has 0 amide bonds. The Bertz CT molecular complexity index is 264. The van der Waals surface area contributed by atoms with Gasteiger partial charge in [0.15, 0.2) is 0 Å². The number of nitrogens with two attached hydrogens (primary N) is 1. The van der Waals surface area contributed by atoms with Gasteiger partial charge in [-0.1, -0.05) is 26.2 Å². The van der Waals surface area contributed by atoms with Crippen molar-refractivity contribution in [2.45, 2.75) is 58.0 Å². The maximum atomic E-state index is 6.12. The lowest BCUT2D eigenvalue weighted by molar-refractivity contribution is 0.000531. The molecule has 1 aliphatic heterocycles. The summed E-state index contributed by atoms with van der Waals surface area (Å²) >= 11 is 0. The Kier molecular flexibility index (Phi) is 4.68. The molecule has 2 atom stereocenters. The van der Waals surface area contributed by atoms with Crippen molar-refractivity contribution in [3.05, 3.63) is 0 Å². The van der Waals surface area contributed by atoms with Crippen molar-refractivity contribution in [3.8, 4) is 0 Å². The van der Waals surface area contributed by atoms with E-state index < -0.39 is 0 Å². The van der Waals surface area contributed by atoms with Gasteiger partial charge in [0.25, 0.3) is 0 Å². The normalized spacial score (nSPS) is 31.0. The zero-order valence-electron chi connectivity index (χ0n) is 12.5. The van der Waals surface area contributed by atoms with Gasteiger partial charge in [-0.25, -0.2) is 0 Å². The molecule has 0 aromatic heterocycles. The van der Waals surface area contributed by atoms with Gasteiger partial charge >= 0.3 is 0 Å². The molecule has 1 saturated carbocycles. The lowest BCUT2D eigenvalue weighted by Gasteiger charge is -2.50. The van der Waals surface area contributed by atoms with Crippen LogP contribution in [0, 0.1) is 5.92 Å². The first-order chi connectivity index (χ1) is 8.59. The van der Waals surface area contributed by atoms with Crippen molar-refractivity contribution in [1.82, 2.24) is 9.80 Å². The molecule has 2 N–H and O–H groups in total. The van der Waals surface area contributed by atoms with E-state index in [2.05, 4.69) is 30.6 Å². The van der Waals surface area contributed by atoms with Crippen LogP contribution in [0.3, 0.4) is 0 Å². The van der Waals surface area contributed by atoms with Crippen molar-refractivity contribution in [3.63, 3.8) is 0 Å². The largest absolute Gasteiger partial charge is 0.329 e. The number of nitrogens with zero attached hydrogens (tertiary/aromatic N) is 2. The van der Waals surface area contributed by atoms with Crippen LogP contribution in [0.25, 0.3) is 0 Å². The molecular weight excluding hydrogens is 222 g/mol. The van der Waals surface area contributed by atoms with E-state index in [9.17, 15) is 0 Å². The molecule has 0 aromatic rings. The van der Waals surface area contributed by atoms with Gasteiger partial charge < -0.3 is 5.73 Å². The molecule has 3 nitrogen and oxygen atoms in total. The summed E-state index contributed by atoms with van der Waals surface area (Å²) in [7, 11) is 0. The molecule has 106 valence electrons. The summed E-state index contributed by atoms with van der Waals surface area (Å²) in [6.07, 6.45) is 5.60. The average Bonchev–Trinajstić information content (AvgIpc) is 2.33. The molecule has 18 heavy (non-hydrogen) atoms. The molecule has 0 aromatic carbocycles. The van der Waals surface area contributed by atoms with Crippen LogP contribution in [0.1, 0.15) is 46.5 Å². The Morgan fingerprint density at radius 2 is 2.00 bits per heavy atom. The quantitative estimate of drug-likeness (QED) is 0.812. The first-order valence-electron chi connectivity index (χ1n) is 7.78. The van der Waals surface area contributed by atoms with E-state index in [1.807, 2.05) is 0 Å². The SMILES string of the molecule is CCN1CCN(C(C)(CN)CC2CCC2)CC1C. The molecule has 0 radical (unpaired) electrons. The van der Waals surface area contributed by atoms with Crippen LogP contribution in [0.5, 0.6) is 0 Å². The molecule has 2 unspecified atom stereocenters. The highest BCUT2D eigenvalue weighted by Crippen LogP contribution is 2.36. The fourth-order valence-electron chi connectivity index (χ4n) is 3.62. The lowest BCUT2D eigenvalue weighted by Crippen LogP contribution is -2.62. The minimum atomic E-state index is 0.235. The van der Waals surface area contributed by atoms with Gasteiger partial charge in [0.2, 0.25) is 0 Å². The summed E-state index contributed by atoms with van der Waals surface area (Å²) in [6, 6.07) is 0.677. The second kappa shape index (κ2) is 5.89. The average molecular weight is 253 g/mol. The zero-order valence-corrected chi connectivity index (χ0v) is 12.5. The minimum absolute atomic E-state index is 0.235. The molecule has 3 heteroatoms. The van der Waals surface area contributed by atoms with Crippen LogP contribution in [0.15, 0.2) is 0 Å². The van der Waals surface area contributed by atoms with Gasteiger partial charge in [-0.15, -0.1) is 0 Å². The van der Waals surface area contributed by atoms with Crippen molar-refractivity contribution in [1.29, 1.82) is 0 Å². The fraction of sp³-hybridized carbons (Fsp3) is 1.00. The van der Waals surface area contributed by atoms with Gasteiger partial charge in [-0.05, 0) is 32.7 Å². The predicted molar refractivity (Wildman–Crippen MR) is 77.7 cm³/mol. The first kappa shape index (κ1) is 14.3. The highest BCUT2D eigenvalue weighted by molar-refractivity contribution is 4.95. The first-order valence-corrected chi connectivity index (χ1v) is 7.78. The van der Waals surface area contributed by atoms with E-state index >= 15 is 0 Å². The topological polar surface area (TPSA) is 32.5 Å². The number of piperazine rings is 1. The highest BCUT2D eigenvalue weighted by atomic mass is 15.3. The van der Waals surface area contributed by atoms with Crippen molar-refractivity contribution in [2.24, 2.45) is 11.7 Å². The molecule has 1 heterocycles. The fourth-order valence-corrected chi connectivity index (χ4v) is 3.62. The van der Waals surface area contributed by atoms with Crippen LogP contribution < -0.4 is 5.73 Å². The summed E-state index contributed by atoms with van der Waals surface area (Å²) in [4.78, 5) is 5.25. The second-order valence-electron chi connectivity index (χ2n) is 6.63. The summed E-state index contributed by atoms with van der Waals surface area (Å²) in [5.74, 6) is 0.943. The van der Waals surface area contributed by atoms with E-state index in [1.165, 1.54) is 51.9 Å². The van der Waals surface area contributed by atoms with E-state index in [4.69, 9.17) is 5.73 Å². The van der Waals surface area contributed by atoms with E-state index in [0.29, 0.717) is 6.04 Å². The minimum Gasteiger partial charge on any atom is -0.329 e. The number of rotatable bonds is 5. The van der Waals surface area contributed by atoms with Crippen LogP contribution in [-0.2, 0) is 0 Å². The third-order valence-electron chi connectivity index (χ3n) is 5.33. The molecule has 2 fully saturated rings. The number of hydrogen-bond acceptors (Lipinski definition) is 3. The Hall–Kier alpha value is -0.120. The third kappa shape index (κ3) is 2.89. The van der Waals surface area contributed by atoms with Crippen LogP contribution in [0.2, 0.25) is 0 Å². The predicted octanol–water partition coefficient (Wildman–Crippen LogP) is 1.92. The van der Waals surface area contributed by atoms with Crippen LogP contribution in [-0.4, -0.2) is 54.1 Å². The van der Waals surface area contributed by atoms with Gasteiger partial charge in [0.05, 0.1) is 0 Å². The van der Waals surface area contributed by atoms with Gasteiger partial charge in [0.1, 0.15) is 0 Å². The molecule has 2 rings (SSSR count). The summed E-state index contributed by atoms with van der Waals surface area (Å²) < 4.78 is 0. The summed E-state index contributed by atoms with van der Waals surface area (Å²) in [5.41, 5.74) is 6.36. The number of hydrogen-bond donors (Lipinski definition) is 1. The van der Waals surface area contributed by atoms with Crippen molar-refractivity contribution >= 4 is 0 Å². The zero-order chi connectivity index (χ0) is 13.2. The Balaban J connectivity index is 1.94. The maximum Gasteiger partial charge on any atom is 0.0307 e. The van der Waals surface area contributed by atoms with Crippen molar-refractivity contribution < 1.29 is 0 Å². The summed E-state index contributed by atoms with van der Waals surface area (Å²) in [6.45, 7) is 12.6. The summed E-state index contributed by atoms with van der Waals surface area (Å²) in [5, 5.41) is 0. The lowest BCUT2D eigenvalue weighted by atomic mass is 9.75. The maximum absolute atomic E-state index is 6.12. The molecule has 0 bridgehead atoms. The standard InChI is InChI=1S/C15H31N3/c1-4-17-8-9-18(11-13(17)2)15(3,12-16)10-14-6-5-7-14/h13-14H,4-12,16H2,1-3H3. The number of likely N-dealkylation sites (N-methyl/N-ethyl adjacent to an activating group) is 1. The second-order valence-corrected chi connectivity index (χ2v) is 6.63. The van der Waals surface area contributed by atoms with E-state index in [1.54, 1.807) is 0 Å². The van der Waals surface area contributed by atoms with Crippen LogP contribution in [0.4, 0.5) is 0 Å². The van der Waals surface area contributed by atoms with E-state index in [-0.39, 0.29) is 5.54 Å². The Morgan fingerprint density at radius 3 is 2.44 bits per heavy atom. The monoisotopic (exact) mass is 253 g/mol. The van der Waals surface area contributed by atoms with E-state index in [0.717, 1.165) is 12.5 Å². The molecular formula is C15H31N3. The highest BCUT2D eigenvalue weighted by Gasteiger charge is 2.37. The molecule has 1 aliphatic carbocycles. The molecule has 2 aliphatic rings. The molecule has 1 saturated heterocycles. The Morgan fingerprint density at radius 1 is 1.28 bits per heavy atom. The van der Waals surface area contributed by atoms with Gasteiger partial charge in [-0.2, -0.15) is 0 Å². The van der Waals surface area contributed by atoms with Crippen molar-refractivity contribution in [2.75, 3.05) is 32.7 Å². The Labute approximate surface area is 113 Å². The third-order valence-corrected chi connectivity index (χ3v) is 5.33. The van der Waals surface area contributed by atoms with Crippen LogP contribution >= 0.6 is 0 Å². The van der Waals surface area contributed by atoms with Gasteiger partial charge in [0, 0.05) is 37.8 Å². The molecule has 0 spiro atoms. The smallest absolute Gasteiger partial charge is 0.0307 e.